The lowest BCUT2D eigenvalue weighted by Crippen LogP contribution is -2.26. The quantitative estimate of drug-likeness (QED) is 0.466. The molecule has 0 saturated carbocycles. The van der Waals surface area contributed by atoms with Gasteiger partial charge in [-0.2, -0.15) is 0 Å². The SMILES string of the molecule is CCOCOC(C)C(C)CN. The van der Waals surface area contributed by atoms with E-state index in [0.29, 0.717) is 25.9 Å². The summed E-state index contributed by atoms with van der Waals surface area (Å²) in [6.07, 6.45) is 0.187. The van der Waals surface area contributed by atoms with Crippen molar-refractivity contribution >= 4 is 0 Å². The number of hydrogen-bond donors (Lipinski definition) is 1. The van der Waals surface area contributed by atoms with Crippen LogP contribution >= 0.6 is 0 Å². The molecule has 0 rings (SSSR count). The highest BCUT2D eigenvalue weighted by atomic mass is 16.7. The second kappa shape index (κ2) is 6.58. The molecule has 0 aliphatic carbocycles. The van der Waals surface area contributed by atoms with Crippen LogP contribution in [0.25, 0.3) is 0 Å². The molecular formula is C8H19NO2. The predicted molar refractivity (Wildman–Crippen MR) is 45.3 cm³/mol. The molecule has 2 atom stereocenters. The second-order valence-corrected chi connectivity index (χ2v) is 2.70. The Labute approximate surface area is 68.9 Å². The van der Waals surface area contributed by atoms with Gasteiger partial charge in [0.2, 0.25) is 0 Å². The Balaban J connectivity index is 3.28. The molecule has 0 bridgehead atoms. The van der Waals surface area contributed by atoms with Crippen molar-refractivity contribution in [1.29, 1.82) is 0 Å². The van der Waals surface area contributed by atoms with E-state index in [9.17, 15) is 0 Å². The average Bonchev–Trinajstić information content (AvgIpc) is 2.03. The maximum absolute atomic E-state index is 5.46. The minimum Gasteiger partial charge on any atom is -0.356 e. The van der Waals surface area contributed by atoms with Gasteiger partial charge in [0.25, 0.3) is 0 Å². The normalized spacial score (nSPS) is 16.4. The molecule has 3 heteroatoms. The molecule has 0 spiro atoms. The van der Waals surface area contributed by atoms with Gasteiger partial charge >= 0.3 is 0 Å². The number of nitrogens with two attached hydrogens (primary N) is 1. The molecule has 2 N–H and O–H groups in total. The molecular weight excluding hydrogens is 142 g/mol. The van der Waals surface area contributed by atoms with Gasteiger partial charge in [0, 0.05) is 6.61 Å². The van der Waals surface area contributed by atoms with E-state index >= 15 is 0 Å². The van der Waals surface area contributed by atoms with Crippen molar-refractivity contribution in [2.45, 2.75) is 26.9 Å². The van der Waals surface area contributed by atoms with Crippen molar-refractivity contribution in [3.05, 3.63) is 0 Å². The highest BCUT2D eigenvalue weighted by Gasteiger charge is 2.09. The minimum atomic E-state index is 0.187. The molecule has 0 aromatic heterocycles. The summed E-state index contributed by atoms with van der Waals surface area (Å²) in [5.74, 6) is 0.399. The summed E-state index contributed by atoms with van der Waals surface area (Å²) in [6, 6.07) is 0. The standard InChI is InChI=1S/C8H19NO2/c1-4-10-6-11-8(3)7(2)5-9/h7-8H,4-6,9H2,1-3H3. The number of ether oxygens (including phenoxy) is 2. The van der Waals surface area contributed by atoms with E-state index in [1.807, 2.05) is 13.8 Å². The van der Waals surface area contributed by atoms with E-state index in [-0.39, 0.29) is 6.10 Å². The molecule has 0 aliphatic rings. The van der Waals surface area contributed by atoms with Gasteiger partial charge in [-0.25, -0.2) is 0 Å². The molecule has 0 radical (unpaired) electrons. The van der Waals surface area contributed by atoms with E-state index < -0.39 is 0 Å². The van der Waals surface area contributed by atoms with Gasteiger partial charge in [-0.3, -0.25) is 0 Å². The van der Waals surface area contributed by atoms with Crippen LogP contribution in [0.5, 0.6) is 0 Å². The summed E-state index contributed by atoms with van der Waals surface area (Å²) < 4.78 is 10.4. The molecule has 0 saturated heterocycles. The van der Waals surface area contributed by atoms with Crippen molar-refractivity contribution in [1.82, 2.24) is 0 Å². The van der Waals surface area contributed by atoms with Crippen LogP contribution in [-0.2, 0) is 9.47 Å². The van der Waals surface area contributed by atoms with Crippen molar-refractivity contribution in [2.75, 3.05) is 19.9 Å². The summed E-state index contributed by atoms with van der Waals surface area (Å²) in [6.45, 7) is 7.76. The van der Waals surface area contributed by atoms with Crippen LogP contribution in [0.3, 0.4) is 0 Å². The Kier molecular flexibility index (Phi) is 6.51. The van der Waals surface area contributed by atoms with Crippen LogP contribution in [0.15, 0.2) is 0 Å². The lowest BCUT2D eigenvalue weighted by Gasteiger charge is -2.18. The fourth-order valence-electron chi connectivity index (χ4n) is 0.595. The van der Waals surface area contributed by atoms with E-state index in [2.05, 4.69) is 6.92 Å². The Morgan fingerprint density at radius 1 is 1.36 bits per heavy atom. The number of rotatable bonds is 6. The first-order valence-electron chi connectivity index (χ1n) is 4.11. The van der Waals surface area contributed by atoms with Gasteiger partial charge in [0.05, 0.1) is 6.10 Å². The highest BCUT2D eigenvalue weighted by Crippen LogP contribution is 2.04. The Hall–Kier alpha value is -0.120. The van der Waals surface area contributed by atoms with Crippen LogP contribution in [0.4, 0.5) is 0 Å². The van der Waals surface area contributed by atoms with E-state index in [1.165, 1.54) is 0 Å². The van der Waals surface area contributed by atoms with Gasteiger partial charge in [0.15, 0.2) is 0 Å². The summed E-state index contributed by atoms with van der Waals surface area (Å²) >= 11 is 0. The third-order valence-corrected chi connectivity index (χ3v) is 1.79. The van der Waals surface area contributed by atoms with Gasteiger partial charge in [0.1, 0.15) is 6.79 Å². The van der Waals surface area contributed by atoms with Crippen LogP contribution in [0.1, 0.15) is 20.8 Å². The first-order chi connectivity index (χ1) is 5.22. The summed E-state index contributed by atoms with van der Waals surface area (Å²) in [5, 5.41) is 0. The van der Waals surface area contributed by atoms with Crippen molar-refractivity contribution in [2.24, 2.45) is 11.7 Å². The summed E-state index contributed by atoms with van der Waals surface area (Å²) in [4.78, 5) is 0. The first-order valence-corrected chi connectivity index (χ1v) is 4.11. The zero-order valence-corrected chi connectivity index (χ0v) is 7.67. The van der Waals surface area contributed by atoms with Crippen LogP contribution in [-0.4, -0.2) is 26.0 Å². The second-order valence-electron chi connectivity index (χ2n) is 2.70. The largest absolute Gasteiger partial charge is 0.356 e. The molecule has 68 valence electrons. The van der Waals surface area contributed by atoms with Crippen LogP contribution in [0, 0.1) is 5.92 Å². The van der Waals surface area contributed by atoms with Gasteiger partial charge in [-0.05, 0) is 26.3 Å². The smallest absolute Gasteiger partial charge is 0.147 e. The van der Waals surface area contributed by atoms with E-state index in [1.54, 1.807) is 0 Å². The topological polar surface area (TPSA) is 44.5 Å². The van der Waals surface area contributed by atoms with Crippen LogP contribution < -0.4 is 5.73 Å². The third-order valence-electron chi connectivity index (χ3n) is 1.79. The molecule has 0 aliphatic heterocycles. The van der Waals surface area contributed by atoms with Crippen molar-refractivity contribution < 1.29 is 9.47 Å². The zero-order valence-electron chi connectivity index (χ0n) is 7.67. The van der Waals surface area contributed by atoms with Gasteiger partial charge < -0.3 is 15.2 Å². The Morgan fingerprint density at radius 2 is 2.00 bits per heavy atom. The van der Waals surface area contributed by atoms with Crippen LogP contribution in [0.2, 0.25) is 0 Å². The fraction of sp³-hybridized carbons (Fsp3) is 1.00. The predicted octanol–water partition coefficient (Wildman–Crippen LogP) is 0.980. The molecule has 11 heavy (non-hydrogen) atoms. The molecule has 0 amide bonds. The average molecular weight is 161 g/mol. The maximum atomic E-state index is 5.46. The summed E-state index contributed by atoms with van der Waals surface area (Å²) in [5.41, 5.74) is 5.46. The lowest BCUT2D eigenvalue weighted by molar-refractivity contribution is -0.0938. The fourth-order valence-corrected chi connectivity index (χ4v) is 0.595. The monoisotopic (exact) mass is 161 g/mol. The molecule has 3 nitrogen and oxygen atoms in total. The zero-order chi connectivity index (χ0) is 8.69. The maximum Gasteiger partial charge on any atom is 0.147 e. The van der Waals surface area contributed by atoms with E-state index in [4.69, 9.17) is 15.2 Å². The Morgan fingerprint density at radius 3 is 2.45 bits per heavy atom. The van der Waals surface area contributed by atoms with Crippen molar-refractivity contribution in [3.8, 4) is 0 Å². The first kappa shape index (κ1) is 10.9. The summed E-state index contributed by atoms with van der Waals surface area (Å²) in [7, 11) is 0. The molecule has 2 unspecified atom stereocenters. The van der Waals surface area contributed by atoms with Crippen molar-refractivity contribution in [3.63, 3.8) is 0 Å². The molecule has 0 heterocycles. The molecule has 0 fully saturated rings. The van der Waals surface area contributed by atoms with Gasteiger partial charge in [-0.1, -0.05) is 6.92 Å². The third kappa shape index (κ3) is 5.18. The van der Waals surface area contributed by atoms with E-state index in [0.717, 1.165) is 0 Å². The van der Waals surface area contributed by atoms with Gasteiger partial charge in [-0.15, -0.1) is 0 Å². The minimum absolute atomic E-state index is 0.187. The molecule has 0 aromatic carbocycles. The highest BCUT2D eigenvalue weighted by molar-refractivity contribution is 4.60. The molecule has 0 aromatic rings. The number of hydrogen-bond acceptors (Lipinski definition) is 3. The lowest BCUT2D eigenvalue weighted by atomic mass is 10.1. The Bertz CT molecular complexity index is 88.2.